The highest BCUT2D eigenvalue weighted by Crippen LogP contribution is 2.30. The van der Waals surface area contributed by atoms with Gasteiger partial charge in [0.2, 0.25) is 5.91 Å². The number of carbonyl (C=O) groups is 1. The number of rotatable bonds is 10. The predicted octanol–water partition coefficient (Wildman–Crippen LogP) is 5.64. The largest absolute Gasteiger partial charge is 0.491 e. The number of furan rings is 1. The van der Waals surface area contributed by atoms with Gasteiger partial charge in [0.05, 0.1) is 18.9 Å². The van der Waals surface area contributed by atoms with E-state index in [-0.39, 0.29) is 12.0 Å². The monoisotopic (exact) mass is 371 g/mol. The molecule has 2 rings (SSSR count). The van der Waals surface area contributed by atoms with Crippen molar-refractivity contribution >= 4 is 5.91 Å². The summed E-state index contributed by atoms with van der Waals surface area (Å²) in [4.78, 5) is 14.3. The number of amides is 1. The number of nitrogens with zero attached hydrogens (tertiary/aromatic N) is 1. The number of benzene rings is 1. The quantitative estimate of drug-likeness (QED) is 0.543. The number of carbonyl (C=O) groups excluding carboxylic acids is 1. The maximum Gasteiger partial charge on any atom is 0.222 e. The molecule has 4 heteroatoms. The number of hydrogen-bond acceptors (Lipinski definition) is 3. The van der Waals surface area contributed by atoms with Crippen molar-refractivity contribution in [2.45, 2.75) is 66.0 Å². The summed E-state index contributed by atoms with van der Waals surface area (Å²) in [6.07, 6.45) is 3.26. The maximum atomic E-state index is 12.4. The molecule has 0 spiro atoms. The molecule has 1 aromatic heterocycles. The van der Waals surface area contributed by atoms with Crippen molar-refractivity contribution in [3.05, 3.63) is 54.0 Å². The minimum atomic E-state index is 0.162. The van der Waals surface area contributed by atoms with Crippen molar-refractivity contribution in [1.82, 2.24) is 4.90 Å². The lowest BCUT2D eigenvalue weighted by Crippen LogP contribution is -2.32. The van der Waals surface area contributed by atoms with Crippen LogP contribution in [-0.4, -0.2) is 23.5 Å². The predicted molar refractivity (Wildman–Crippen MR) is 109 cm³/mol. The first-order valence-corrected chi connectivity index (χ1v) is 9.97. The lowest BCUT2D eigenvalue weighted by Gasteiger charge is -2.27. The van der Waals surface area contributed by atoms with Crippen LogP contribution >= 0.6 is 0 Å². The molecule has 27 heavy (non-hydrogen) atoms. The summed E-state index contributed by atoms with van der Waals surface area (Å²) in [6, 6.07) is 12.2. The van der Waals surface area contributed by atoms with E-state index in [4.69, 9.17) is 9.15 Å². The van der Waals surface area contributed by atoms with Gasteiger partial charge in [-0.1, -0.05) is 32.9 Å². The Morgan fingerprint density at radius 1 is 1.11 bits per heavy atom. The van der Waals surface area contributed by atoms with Gasteiger partial charge in [0.25, 0.3) is 0 Å². The zero-order valence-corrected chi connectivity index (χ0v) is 17.3. The Morgan fingerprint density at radius 2 is 1.81 bits per heavy atom. The molecule has 0 fully saturated rings. The van der Waals surface area contributed by atoms with Gasteiger partial charge in [0.1, 0.15) is 11.5 Å². The Labute approximate surface area is 163 Å². The number of ether oxygens (including phenoxy) is 1. The highest BCUT2D eigenvalue weighted by atomic mass is 16.5. The van der Waals surface area contributed by atoms with Gasteiger partial charge in [-0.25, -0.2) is 0 Å². The van der Waals surface area contributed by atoms with Crippen molar-refractivity contribution in [2.75, 3.05) is 6.54 Å². The van der Waals surface area contributed by atoms with Gasteiger partial charge in [-0.3, -0.25) is 4.79 Å². The Morgan fingerprint density at radius 3 is 2.33 bits per heavy atom. The second kappa shape index (κ2) is 10.2. The van der Waals surface area contributed by atoms with Crippen LogP contribution in [0.5, 0.6) is 5.75 Å². The SMILES string of the molecule is CCC(=O)N(CC[C@@H](c1ccc(OC(C)C)cc1)C(C)C)Cc1ccco1. The Hall–Kier alpha value is -2.23. The molecule has 1 amide bonds. The van der Waals surface area contributed by atoms with E-state index in [1.807, 2.05) is 49.9 Å². The summed E-state index contributed by atoms with van der Waals surface area (Å²) in [5.41, 5.74) is 1.29. The standard InChI is InChI=1S/C23H33NO3/c1-6-23(25)24(16-21-8-7-15-26-21)14-13-22(17(2)3)19-9-11-20(12-10-19)27-18(4)5/h7-12,15,17-18,22H,6,13-14,16H2,1-5H3/t22-/m1/s1. The molecule has 0 aliphatic rings. The zero-order valence-electron chi connectivity index (χ0n) is 17.3. The van der Waals surface area contributed by atoms with E-state index in [1.54, 1.807) is 6.26 Å². The fourth-order valence-corrected chi connectivity index (χ4v) is 3.35. The van der Waals surface area contributed by atoms with Gasteiger partial charge in [-0.05, 0) is 61.9 Å². The average molecular weight is 372 g/mol. The molecule has 0 aliphatic carbocycles. The molecule has 1 heterocycles. The highest BCUT2D eigenvalue weighted by Gasteiger charge is 2.20. The van der Waals surface area contributed by atoms with Gasteiger partial charge in [-0.2, -0.15) is 0 Å². The van der Waals surface area contributed by atoms with Crippen LogP contribution in [0.1, 0.15) is 64.7 Å². The minimum Gasteiger partial charge on any atom is -0.491 e. The van der Waals surface area contributed by atoms with Crippen molar-refractivity contribution < 1.29 is 13.9 Å². The Kier molecular flexibility index (Phi) is 7.96. The highest BCUT2D eigenvalue weighted by molar-refractivity contribution is 5.75. The summed E-state index contributed by atoms with van der Waals surface area (Å²) >= 11 is 0. The Balaban J connectivity index is 2.06. The fraction of sp³-hybridized carbons (Fsp3) is 0.522. The summed E-state index contributed by atoms with van der Waals surface area (Å²) in [7, 11) is 0. The van der Waals surface area contributed by atoms with Crippen LogP contribution in [0.2, 0.25) is 0 Å². The summed E-state index contributed by atoms with van der Waals surface area (Å²) in [5, 5.41) is 0. The van der Waals surface area contributed by atoms with Crippen molar-refractivity contribution in [3.63, 3.8) is 0 Å². The smallest absolute Gasteiger partial charge is 0.222 e. The first-order valence-electron chi connectivity index (χ1n) is 9.97. The molecule has 2 aromatic rings. The molecule has 0 unspecified atom stereocenters. The summed E-state index contributed by atoms with van der Waals surface area (Å²) in [6.45, 7) is 11.7. The van der Waals surface area contributed by atoms with E-state index in [0.29, 0.717) is 24.8 Å². The number of hydrogen-bond donors (Lipinski definition) is 0. The molecule has 0 saturated heterocycles. The van der Waals surface area contributed by atoms with Gasteiger partial charge in [-0.15, -0.1) is 0 Å². The third kappa shape index (κ3) is 6.46. The van der Waals surface area contributed by atoms with Crippen LogP contribution in [0.25, 0.3) is 0 Å². The molecular weight excluding hydrogens is 338 g/mol. The third-order valence-electron chi connectivity index (χ3n) is 4.78. The van der Waals surface area contributed by atoms with E-state index in [9.17, 15) is 4.79 Å². The molecule has 148 valence electrons. The lowest BCUT2D eigenvalue weighted by atomic mass is 9.85. The van der Waals surface area contributed by atoms with E-state index in [2.05, 4.69) is 26.0 Å². The molecule has 0 radical (unpaired) electrons. The van der Waals surface area contributed by atoms with Crippen LogP contribution in [0.15, 0.2) is 47.1 Å². The van der Waals surface area contributed by atoms with Crippen molar-refractivity contribution in [2.24, 2.45) is 5.92 Å². The molecule has 0 saturated carbocycles. The summed E-state index contributed by atoms with van der Waals surface area (Å²) < 4.78 is 11.2. The summed E-state index contributed by atoms with van der Waals surface area (Å²) in [5.74, 6) is 2.77. The van der Waals surface area contributed by atoms with E-state index in [0.717, 1.165) is 24.5 Å². The van der Waals surface area contributed by atoms with E-state index >= 15 is 0 Å². The Bertz CT molecular complexity index is 674. The second-order valence-corrected chi connectivity index (χ2v) is 7.62. The zero-order chi connectivity index (χ0) is 19.8. The third-order valence-corrected chi connectivity index (χ3v) is 4.78. The maximum absolute atomic E-state index is 12.4. The van der Waals surface area contributed by atoms with Crippen LogP contribution < -0.4 is 4.74 Å². The topological polar surface area (TPSA) is 42.7 Å². The van der Waals surface area contributed by atoms with Crippen LogP contribution in [0.3, 0.4) is 0 Å². The molecule has 0 bridgehead atoms. The normalized spacial score (nSPS) is 12.4. The molecule has 0 aliphatic heterocycles. The van der Waals surface area contributed by atoms with Crippen LogP contribution in [0, 0.1) is 5.92 Å². The van der Waals surface area contributed by atoms with E-state index < -0.39 is 0 Å². The molecule has 1 atom stereocenters. The molecule has 0 N–H and O–H groups in total. The van der Waals surface area contributed by atoms with Crippen molar-refractivity contribution in [1.29, 1.82) is 0 Å². The second-order valence-electron chi connectivity index (χ2n) is 7.62. The van der Waals surface area contributed by atoms with Gasteiger partial charge < -0.3 is 14.1 Å². The first-order chi connectivity index (χ1) is 12.9. The first kappa shape index (κ1) is 21.1. The molecular formula is C23H33NO3. The van der Waals surface area contributed by atoms with E-state index in [1.165, 1.54) is 5.56 Å². The lowest BCUT2D eigenvalue weighted by molar-refractivity contribution is -0.131. The fourth-order valence-electron chi connectivity index (χ4n) is 3.35. The molecule has 1 aromatic carbocycles. The minimum absolute atomic E-state index is 0.162. The van der Waals surface area contributed by atoms with Gasteiger partial charge in [0, 0.05) is 13.0 Å². The van der Waals surface area contributed by atoms with Crippen LogP contribution in [-0.2, 0) is 11.3 Å². The van der Waals surface area contributed by atoms with Gasteiger partial charge >= 0.3 is 0 Å². The van der Waals surface area contributed by atoms with Gasteiger partial charge in [0.15, 0.2) is 0 Å². The molecule has 4 nitrogen and oxygen atoms in total. The van der Waals surface area contributed by atoms with Crippen LogP contribution in [0.4, 0.5) is 0 Å². The van der Waals surface area contributed by atoms with Crippen molar-refractivity contribution in [3.8, 4) is 5.75 Å². The average Bonchev–Trinajstić information content (AvgIpc) is 3.14.